The molecule has 1 rings (SSSR count). The third-order valence-corrected chi connectivity index (χ3v) is 2.71. The molecule has 0 aliphatic carbocycles. The van der Waals surface area contributed by atoms with E-state index in [9.17, 15) is 0 Å². The maximum Gasteiger partial charge on any atom is 0.191 e. The van der Waals surface area contributed by atoms with Gasteiger partial charge in [-0.15, -0.1) is 24.0 Å². The Morgan fingerprint density at radius 3 is 2.77 bits per heavy atom. The predicted molar refractivity (Wildman–Crippen MR) is 102 cm³/mol. The highest BCUT2D eigenvalue weighted by atomic mass is 127. The van der Waals surface area contributed by atoms with Crippen molar-refractivity contribution in [3.05, 3.63) is 36.3 Å². The topological polar surface area (TPSA) is 58.8 Å². The Bertz CT molecular complexity index is 419. The number of rotatable bonds is 10. The minimum atomic E-state index is 0. The zero-order chi connectivity index (χ0) is 15.3. The van der Waals surface area contributed by atoms with Crippen molar-refractivity contribution >= 4 is 29.9 Å². The van der Waals surface area contributed by atoms with Crippen molar-refractivity contribution in [1.82, 2.24) is 10.6 Å². The highest BCUT2D eigenvalue weighted by Gasteiger charge is 2.00. The summed E-state index contributed by atoms with van der Waals surface area (Å²) in [4.78, 5) is 4.48. The van der Waals surface area contributed by atoms with Crippen LogP contribution in [0.15, 0.2) is 40.0 Å². The molecule has 0 amide bonds. The van der Waals surface area contributed by atoms with Crippen LogP contribution in [0.1, 0.15) is 26.0 Å². The maximum atomic E-state index is 5.32. The molecule has 0 aliphatic rings. The molecular formula is C16H28IN3O2. The second-order valence-electron chi connectivity index (χ2n) is 4.86. The quantitative estimate of drug-likeness (QED) is 0.201. The Hall–Kier alpha value is -1.02. The minimum Gasteiger partial charge on any atom is -0.469 e. The van der Waals surface area contributed by atoms with Gasteiger partial charge in [0.25, 0.3) is 0 Å². The Kier molecular flexibility index (Phi) is 13.0. The molecule has 1 aromatic heterocycles. The molecule has 0 saturated heterocycles. The fraction of sp³-hybridized carbons (Fsp3) is 0.562. The highest BCUT2D eigenvalue weighted by Crippen LogP contribution is 1.99. The van der Waals surface area contributed by atoms with Gasteiger partial charge in [-0.05, 0) is 32.4 Å². The average molecular weight is 421 g/mol. The largest absolute Gasteiger partial charge is 0.469 e. The van der Waals surface area contributed by atoms with Crippen molar-refractivity contribution in [1.29, 1.82) is 0 Å². The molecule has 0 radical (unpaired) electrons. The van der Waals surface area contributed by atoms with Crippen LogP contribution >= 0.6 is 24.0 Å². The first-order valence-electron chi connectivity index (χ1n) is 7.49. The smallest absolute Gasteiger partial charge is 0.191 e. The van der Waals surface area contributed by atoms with Gasteiger partial charge in [0, 0.05) is 32.7 Å². The summed E-state index contributed by atoms with van der Waals surface area (Å²) in [5, 5.41) is 6.60. The van der Waals surface area contributed by atoms with Crippen LogP contribution in [0.2, 0.25) is 0 Å². The van der Waals surface area contributed by atoms with Crippen molar-refractivity contribution in [2.24, 2.45) is 4.99 Å². The number of halogens is 1. The van der Waals surface area contributed by atoms with Gasteiger partial charge >= 0.3 is 0 Å². The molecule has 126 valence electrons. The SMILES string of the molecule is C=C(C)CN=C(NCCCOCC)NCCc1ccco1.I. The fourth-order valence-electron chi connectivity index (χ4n) is 1.67. The van der Waals surface area contributed by atoms with E-state index >= 15 is 0 Å². The van der Waals surface area contributed by atoms with Gasteiger partial charge in [0.2, 0.25) is 0 Å². The van der Waals surface area contributed by atoms with Crippen LogP contribution in [0.5, 0.6) is 0 Å². The van der Waals surface area contributed by atoms with Crippen LogP contribution in [-0.4, -0.2) is 38.8 Å². The fourth-order valence-corrected chi connectivity index (χ4v) is 1.67. The van der Waals surface area contributed by atoms with Crippen LogP contribution in [0.25, 0.3) is 0 Å². The van der Waals surface area contributed by atoms with Gasteiger partial charge in [-0.1, -0.05) is 12.2 Å². The molecule has 22 heavy (non-hydrogen) atoms. The van der Waals surface area contributed by atoms with E-state index in [1.54, 1.807) is 6.26 Å². The second-order valence-corrected chi connectivity index (χ2v) is 4.86. The lowest BCUT2D eigenvalue weighted by molar-refractivity contribution is 0.145. The van der Waals surface area contributed by atoms with Gasteiger partial charge < -0.3 is 19.8 Å². The number of aliphatic imine (C=N–C) groups is 1. The van der Waals surface area contributed by atoms with E-state index in [4.69, 9.17) is 9.15 Å². The van der Waals surface area contributed by atoms with Crippen LogP contribution in [0, 0.1) is 0 Å². The van der Waals surface area contributed by atoms with Crippen molar-refractivity contribution < 1.29 is 9.15 Å². The van der Waals surface area contributed by atoms with E-state index in [0.29, 0.717) is 6.54 Å². The standard InChI is InChI=1S/C16H27N3O2.HI/c1-4-20-11-6-9-17-16(19-13-14(2)3)18-10-8-15-7-5-12-21-15;/h5,7,12H,2,4,6,8-11,13H2,1,3H3,(H2,17,18,19);1H. The van der Waals surface area contributed by atoms with Gasteiger partial charge in [0.1, 0.15) is 5.76 Å². The number of guanidine groups is 1. The summed E-state index contributed by atoms with van der Waals surface area (Å²) in [7, 11) is 0. The summed E-state index contributed by atoms with van der Waals surface area (Å²) >= 11 is 0. The van der Waals surface area contributed by atoms with Gasteiger partial charge in [0.15, 0.2) is 5.96 Å². The summed E-state index contributed by atoms with van der Waals surface area (Å²) in [6.07, 6.45) is 3.48. The van der Waals surface area contributed by atoms with E-state index < -0.39 is 0 Å². The first-order chi connectivity index (χ1) is 10.2. The average Bonchev–Trinajstić information content (AvgIpc) is 2.97. The Morgan fingerprint density at radius 2 is 2.14 bits per heavy atom. The third-order valence-electron chi connectivity index (χ3n) is 2.71. The van der Waals surface area contributed by atoms with Crippen molar-refractivity contribution in [2.45, 2.75) is 26.7 Å². The molecule has 0 bridgehead atoms. The molecule has 0 fully saturated rings. The molecule has 0 spiro atoms. The summed E-state index contributed by atoms with van der Waals surface area (Å²) in [5.74, 6) is 1.78. The van der Waals surface area contributed by atoms with Crippen LogP contribution in [0.4, 0.5) is 0 Å². The molecule has 2 N–H and O–H groups in total. The summed E-state index contributed by atoms with van der Waals surface area (Å²) in [5.41, 5.74) is 1.04. The summed E-state index contributed by atoms with van der Waals surface area (Å²) < 4.78 is 10.6. The first-order valence-corrected chi connectivity index (χ1v) is 7.49. The maximum absolute atomic E-state index is 5.32. The zero-order valence-corrected chi connectivity index (χ0v) is 15.9. The first kappa shape index (κ1) is 21.0. The second kappa shape index (κ2) is 13.6. The Balaban J connectivity index is 0.00000441. The number of nitrogens with one attached hydrogen (secondary N) is 2. The van der Waals surface area contributed by atoms with E-state index in [1.807, 2.05) is 26.0 Å². The van der Waals surface area contributed by atoms with Crippen LogP contribution < -0.4 is 10.6 Å². The van der Waals surface area contributed by atoms with E-state index in [0.717, 1.165) is 56.4 Å². The predicted octanol–water partition coefficient (Wildman–Crippen LogP) is 2.98. The molecule has 5 nitrogen and oxygen atoms in total. The number of nitrogens with zero attached hydrogens (tertiary/aromatic N) is 1. The molecule has 1 heterocycles. The molecule has 0 saturated carbocycles. The van der Waals surface area contributed by atoms with Crippen molar-refractivity contribution in [3.8, 4) is 0 Å². The Labute approximate surface area is 150 Å². The lowest BCUT2D eigenvalue weighted by Crippen LogP contribution is -2.39. The molecule has 0 unspecified atom stereocenters. The number of ether oxygens (including phenoxy) is 1. The molecule has 0 aliphatic heterocycles. The van der Waals surface area contributed by atoms with Gasteiger partial charge in [-0.25, -0.2) is 4.99 Å². The monoisotopic (exact) mass is 421 g/mol. The molecule has 1 aromatic rings. The van der Waals surface area contributed by atoms with Crippen molar-refractivity contribution in [3.63, 3.8) is 0 Å². The Morgan fingerprint density at radius 1 is 1.36 bits per heavy atom. The van der Waals surface area contributed by atoms with E-state index in [-0.39, 0.29) is 24.0 Å². The van der Waals surface area contributed by atoms with E-state index in [2.05, 4.69) is 22.2 Å². The van der Waals surface area contributed by atoms with Crippen LogP contribution in [-0.2, 0) is 11.2 Å². The van der Waals surface area contributed by atoms with Gasteiger partial charge in [-0.2, -0.15) is 0 Å². The number of hydrogen-bond acceptors (Lipinski definition) is 3. The molecule has 0 atom stereocenters. The molecule has 6 heteroatoms. The highest BCUT2D eigenvalue weighted by molar-refractivity contribution is 14.0. The summed E-state index contributed by atoms with van der Waals surface area (Å²) in [6, 6.07) is 3.87. The van der Waals surface area contributed by atoms with Gasteiger partial charge in [0.05, 0.1) is 12.8 Å². The summed E-state index contributed by atoms with van der Waals surface area (Å²) in [6.45, 7) is 11.6. The zero-order valence-electron chi connectivity index (χ0n) is 13.6. The number of hydrogen-bond donors (Lipinski definition) is 2. The molecular weight excluding hydrogens is 393 g/mol. The molecule has 0 aromatic carbocycles. The van der Waals surface area contributed by atoms with Crippen LogP contribution in [0.3, 0.4) is 0 Å². The lowest BCUT2D eigenvalue weighted by atomic mass is 10.3. The minimum absolute atomic E-state index is 0. The normalized spacial score (nSPS) is 10.9. The lowest BCUT2D eigenvalue weighted by Gasteiger charge is -2.12. The number of furan rings is 1. The van der Waals surface area contributed by atoms with Crippen molar-refractivity contribution in [2.75, 3.05) is 32.8 Å². The third kappa shape index (κ3) is 10.7. The van der Waals surface area contributed by atoms with Gasteiger partial charge in [-0.3, -0.25) is 0 Å². The van der Waals surface area contributed by atoms with E-state index in [1.165, 1.54) is 0 Å².